The van der Waals surface area contributed by atoms with E-state index in [9.17, 15) is 14.7 Å². The van der Waals surface area contributed by atoms with E-state index >= 15 is 0 Å². The molecule has 0 amide bonds. The molecule has 0 saturated heterocycles. The van der Waals surface area contributed by atoms with Crippen LogP contribution in [0.3, 0.4) is 0 Å². The van der Waals surface area contributed by atoms with Crippen LogP contribution in [0.15, 0.2) is 134 Å². The van der Waals surface area contributed by atoms with Crippen LogP contribution in [0.4, 0.5) is 0 Å². The number of carbonyl (C=O) groups is 2. The van der Waals surface area contributed by atoms with E-state index in [4.69, 9.17) is 9.47 Å². The van der Waals surface area contributed by atoms with Crippen molar-refractivity contribution in [1.29, 1.82) is 0 Å². The lowest BCUT2D eigenvalue weighted by atomic mass is 10.0. The summed E-state index contributed by atoms with van der Waals surface area (Å²) >= 11 is 0. The minimum Gasteiger partial charge on any atom is -0.462 e. The summed E-state index contributed by atoms with van der Waals surface area (Å²) in [5.41, 5.74) is 0. The van der Waals surface area contributed by atoms with Gasteiger partial charge in [0, 0.05) is 12.8 Å². The van der Waals surface area contributed by atoms with Crippen LogP contribution >= 0.6 is 0 Å². The first-order valence-corrected chi connectivity index (χ1v) is 33.7. The van der Waals surface area contributed by atoms with E-state index in [1.54, 1.807) is 0 Å². The summed E-state index contributed by atoms with van der Waals surface area (Å²) in [6.07, 6.45) is 103. The average Bonchev–Trinajstić information content (AvgIpc) is 3.46. The Morgan fingerprint density at radius 3 is 0.812 bits per heavy atom. The summed E-state index contributed by atoms with van der Waals surface area (Å²) in [7, 11) is 0. The molecule has 80 heavy (non-hydrogen) atoms. The zero-order valence-corrected chi connectivity index (χ0v) is 52.3. The van der Waals surface area contributed by atoms with E-state index in [1.807, 2.05) is 0 Å². The van der Waals surface area contributed by atoms with Gasteiger partial charge in [-0.3, -0.25) is 9.59 Å². The van der Waals surface area contributed by atoms with E-state index < -0.39 is 6.10 Å². The number of esters is 2. The number of aliphatic hydroxyl groups excluding tert-OH is 1. The minimum absolute atomic E-state index is 0.0790. The van der Waals surface area contributed by atoms with Gasteiger partial charge in [-0.1, -0.05) is 314 Å². The number of unbranched alkanes of at least 4 members (excludes halogenated alkanes) is 31. The maximum atomic E-state index is 12.3. The van der Waals surface area contributed by atoms with Crippen molar-refractivity contribution < 1.29 is 24.2 Å². The fourth-order valence-electron chi connectivity index (χ4n) is 9.40. The summed E-state index contributed by atoms with van der Waals surface area (Å²) in [4.78, 5) is 24.6. The van der Waals surface area contributed by atoms with E-state index in [-0.39, 0.29) is 25.2 Å². The second-order valence-corrected chi connectivity index (χ2v) is 22.2. The molecule has 0 saturated carbocycles. The van der Waals surface area contributed by atoms with Crippen LogP contribution in [0.1, 0.15) is 309 Å². The second kappa shape index (κ2) is 69.3. The van der Waals surface area contributed by atoms with Gasteiger partial charge in [-0.2, -0.15) is 0 Å². The molecular formula is C75H126O5. The maximum Gasteiger partial charge on any atom is 0.306 e. The Kier molecular flexibility index (Phi) is 65.9. The van der Waals surface area contributed by atoms with Crippen molar-refractivity contribution in [3.05, 3.63) is 134 Å². The largest absolute Gasteiger partial charge is 0.462 e. The van der Waals surface area contributed by atoms with Crippen LogP contribution in [-0.2, 0) is 19.1 Å². The van der Waals surface area contributed by atoms with E-state index in [1.165, 1.54) is 161 Å². The maximum absolute atomic E-state index is 12.3. The molecule has 1 unspecified atom stereocenters. The molecule has 0 aromatic rings. The lowest BCUT2D eigenvalue weighted by molar-refractivity contribution is -0.161. The number of aliphatic hydroxyl groups is 1. The molecule has 0 aromatic carbocycles. The van der Waals surface area contributed by atoms with Gasteiger partial charge in [-0.05, 0) is 116 Å². The first-order valence-electron chi connectivity index (χ1n) is 33.7. The molecule has 0 aliphatic carbocycles. The van der Waals surface area contributed by atoms with Gasteiger partial charge in [-0.15, -0.1) is 0 Å². The van der Waals surface area contributed by atoms with Crippen molar-refractivity contribution in [2.24, 2.45) is 0 Å². The molecule has 456 valence electrons. The highest BCUT2D eigenvalue weighted by Crippen LogP contribution is 2.17. The number of ether oxygens (including phenoxy) is 2. The molecule has 0 bridgehead atoms. The van der Waals surface area contributed by atoms with Crippen molar-refractivity contribution in [2.45, 2.75) is 315 Å². The van der Waals surface area contributed by atoms with Crippen molar-refractivity contribution >= 4 is 11.9 Å². The molecule has 0 aliphatic rings. The van der Waals surface area contributed by atoms with Crippen LogP contribution in [0.25, 0.3) is 0 Å². The number of hydrogen-bond donors (Lipinski definition) is 1. The first-order chi connectivity index (χ1) is 39.6. The van der Waals surface area contributed by atoms with Gasteiger partial charge in [0.1, 0.15) is 6.61 Å². The predicted octanol–water partition coefficient (Wildman–Crippen LogP) is 23.5. The molecule has 0 fully saturated rings. The molecule has 0 rings (SSSR count). The Hall–Kier alpha value is -3.96. The van der Waals surface area contributed by atoms with Crippen molar-refractivity contribution in [1.82, 2.24) is 0 Å². The quantitative estimate of drug-likeness (QED) is 0.0373. The molecule has 5 heteroatoms. The molecule has 0 radical (unpaired) electrons. The molecular weight excluding hydrogens is 981 g/mol. The van der Waals surface area contributed by atoms with Crippen molar-refractivity contribution in [3.8, 4) is 0 Å². The average molecular weight is 1110 g/mol. The van der Waals surface area contributed by atoms with E-state index in [0.29, 0.717) is 12.8 Å². The Labute approximate surface area is 496 Å². The van der Waals surface area contributed by atoms with E-state index in [0.717, 1.165) is 122 Å². The highest BCUT2D eigenvalue weighted by molar-refractivity contribution is 5.70. The number of rotatable bonds is 61. The molecule has 1 N–H and O–H groups in total. The smallest absolute Gasteiger partial charge is 0.306 e. The lowest BCUT2D eigenvalue weighted by Crippen LogP contribution is -2.28. The third-order valence-electron chi connectivity index (χ3n) is 14.4. The van der Waals surface area contributed by atoms with Crippen LogP contribution in [-0.4, -0.2) is 36.4 Å². The van der Waals surface area contributed by atoms with Gasteiger partial charge in [-0.25, -0.2) is 0 Å². The molecule has 0 spiro atoms. The number of allylic oxidation sites excluding steroid dienone is 22. The monoisotopic (exact) mass is 1110 g/mol. The lowest BCUT2D eigenvalue weighted by Gasteiger charge is -2.15. The standard InChI is InChI=1S/C75H126O5/c1-3-5-7-9-11-13-15-17-19-21-23-25-27-29-31-33-35-37-39-41-43-45-47-49-51-53-55-57-59-61-63-65-67-69-74(77)79-72-73(71-76)80-75(78)70-68-66-64-62-60-58-56-54-52-50-48-46-44-42-40-38-36-34-32-30-28-26-24-22-20-18-16-14-12-10-8-6-4-2/h6,8,12,14-15,17-18,20-21,23-24,26,30,32,36,38,42,44,48,50,54,56,73,76H,3-5,7,9-11,13,16,19,22,25,27-29,31,33-35,37,39-41,43,45-47,49,51-53,55,57-72H2,1-2H3/b8-6-,14-12-,17-15-,20-18-,23-21-,26-24-,32-30-,38-36-,44-42-,50-48-,56-54-. The highest BCUT2D eigenvalue weighted by atomic mass is 16.6. The Morgan fingerprint density at radius 2 is 0.537 bits per heavy atom. The molecule has 5 nitrogen and oxygen atoms in total. The van der Waals surface area contributed by atoms with Gasteiger partial charge < -0.3 is 14.6 Å². The van der Waals surface area contributed by atoms with Crippen LogP contribution in [0.5, 0.6) is 0 Å². The van der Waals surface area contributed by atoms with E-state index in [2.05, 4.69) is 148 Å². The molecule has 0 aromatic heterocycles. The summed E-state index contributed by atoms with van der Waals surface area (Å²) in [5.74, 6) is -0.610. The normalized spacial score (nSPS) is 13.1. The van der Waals surface area contributed by atoms with Crippen LogP contribution in [0.2, 0.25) is 0 Å². The Balaban J connectivity index is 3.54. The fraction of sp³-hybridized carbons (Fsp3) is 0.680. The highest BCUT2D eigenvalue weighted by Gasteiger charge is 2.16. The Bertz CT molecular complexity index is 1630. The van der Waals surface area contributed by atoms with Crippen LogP contribution in [0, 0.1) is 0 Å². The Morgan fingerprint density at radius 1 is 0.300 bits per heavy atom. The number of hydrogen-bond acceptors (Lipinski definition) is 5. The van der Waals surface area contributed by atoms with Crippen molar-refractivity contribution in [2.75, 3.05) is 13.2 Å². The van der Waals surface area contributed by atoms with Gasteiger partial charge >= 0.3 is 11.9 Å². The zero-order chi connectivity index (χ0) is 57.6. The summed E-state index contributed by atoms with van der Waals surface area (Å²) in [6.45, 7) is 4.02. The topological polar surface area (TPSA) is 72.8 Å². The first kappa shape index (κ1) is 76.0. The van der Waals surface area contributed by atoms with Crippen LogP contribution < -0.4 is 0 Å². The van der Waals surface area contributed by atoms with Crippen molar-refractivity contribution in [3.63, 3.8) is 0 Å². The minimum atomic E-state index is -0.792. The predicted molar refractivity (Wildman–Crippen MR) is 352 cm³/mol. The molecule has 0 heterocycles. The summed E-state index contributed by atoms with van der Waals surface area (Å²) < 4.78 is 10.7. The van der Waals surface area contributed by atoms with Gasteiger partial charge in [0.2, 0.25) is 0 Å². The SMILES string of the molecule is CC/C=C\C/C=C\C/C=C\C/C=C\C/C=C\C/C=C\C/C=C\C/C=C\C/C=C\CCCCCCCC(=O)OC(CO)COC(=O)CCCCCCCCCCCCCCCCCCCCCCC/C=C\C/C=C\CCCCCCC. The third-order valence-corrected chi connectivity index (χ3v) is 14.4. The van der Waals surface area contributed by atoms with Gasteiger partial charge in [0.05, 0.1) is 6.61 Å². The number of carbonyl (C=O) groups excluding carboxylic acids is 2. The molecule has 1 atom stereocenters. The summed E-state index contributed by atoms with van der Waals surface area (Å²) in [5, 5.41) is 9.69. The zero-order valence-electron chi connectivity index (χ0n) is 52.3. The second-order valence-electron chi connectivity index (χ2n) is 22.2. The molecule has 0 aliphatic heterocycles. The summed E-state index contributed by atoms with van der Waals surface area (Å²) in [6, 6.07) is 0. The fourth-order valence-corrected chi connectivity index (χ4v) is 9.40. The van der Waals surface area contributed by atoms with Gasteiger partial charge in [0.25, 0.3) is 0 Å². The third kappa shape index (κ3) is 66.6. The van der Waals surface area contributed by atoms with Gasteiger partial charge in [0.15, 0.2) is 6.10 Å².